The van der Waals surface area contributed by atoms with E-state index in [9.17, 15) is 14.9 Å². The molecule has 1 atom stereocenters. The molecule has 0 saturated heterocycles. The first-order valence-corrected chi connectivity index (χ1v) is 6.64. The quantitative estimate of drug-likeness (QED) is 0.503. The Morgan fingerprint density at radius 3 is 2.75 bits per heavy atom. The van der Waals surface area contributed by atoms with Crippen LogP contribution in [-0.2, 0) is 0 Å². The molecule has 1 aliphatic rings. The highest BCUT2D eigenvalue weighted by atomic mass is 16.6. The summed E-state index contributed by atoms with van der Waals surface area (Å²) in [6.45, 7) is 4.34. The molecule has 1 unspecified atom stereocenters. The van der Waals surface area contributed by atoms with Crippen molar-refractivity contribution in [3.8, 4) is 0 Å². The van der Waals surface area contributed by atoms with Gasteiger partial charge in [-0.3, -0.25) is 14.9 Å². The van der Waals surface area contributed by atoms with Crippen molar-refractivity contribution in [2.75, 3.05) is 5.73 Å². The van der Waals surface area contributed by atoms with E-state index in [0.29, 0.717) is 0 Å². The summed E-state index contributed by atoms with van der Waals surface area (Å²) >= 11 is 0. The molecule has 1 amide bonds. The summed E-state index contributed by atoms with van der Waals surface area (Å²) in [5.41, 5.74) is 5.80. The van der Waals surface area contributed by atoms with Crippen molar-refractivity contribution in [1.29, 1.82) is 0 Å². The minimum Gasteiger partial charge on any atom is -0.393 e. The number of anilines is 1. The lowest BCUT2D eigenvalue weighted by Crippen LogP contribution is -2.34. The zero-order valence-corrected chi connectivity index (χ0v) is 11.7. The lowest BCUT2D eigenvalue weighted by atomic mass is 9.92. The average Bonchev–Trinajstić information content (AvgIpc) is 2.68. The Bertz CT molecular complexity index is 555. The van der Waals surface area contributed by atoms with Gasteiger partial charge in [-0.1, -0.05) is 19.9 Å². The van der Waals surface area contributed by atoms with E-state index >= 15 is 0 Å². The van der Waals surface area contributed by atoms with Crippen molar-refractivity contribution >= 4 is 17.3 Å². The van der Waals surface area contributed by atoms with Gasteiger partial charge in [0.2, 0.25) is 0 Å². The van der Waals surface area contributed by atoms with Gasteiger partial charge < -0.3 is 11.1 Å². The molecule has 1 fully saturated rings. The first-order valence-electron chi connectivity index (χ1n) is 6.64. The average molecular weight is 277 g/mol. The number of nitro groups is 1. The first-order chi connectivity index (χ1) is 9.30. The van der Waals surface area contributed by atoms with Crippen molar-refractivity contribution in [3.63, 3.8) is 0 Å². The number of amides is 1. The Hall–Kier alpha value is -2.11. The zero-order valence-electron chi connectivity index (χ0n) is 11.7. The molecule has 0 aromatic heterocycles. The highest BCUT2D eigenvalue weighted by molar-refractivity contribution is 6.01. The molecule has 20 heavy (non-hydrogen) atoms. The van der Waals surface area contributed by atoms with Gasteiger partial charge in [0.25, 0.3) is 11.6 Å². The Kier molecular flexibility index (Phi) is 3.65. The topological polar surface area (TPSA) is 98.3 Å². The van der Waals surface area contributed by atoms with E-state index in [2.05, 4.69) is 19.2 Å². The SMILES string of the molecule is CC1(C)CCC(NC(=O)c2cccc([N+](=O)[O-])c2N)C1. The zero-order chi connectivity index (χ0) is 14.9. The van der Waals surface area contributed by atoms with E-state index in [1.54, 1.807) is 0 Å². The van der Waals surface area contributed by atoms with Crippen LogP contribution in [0.4, 0.5) is 11.4 Å². The number of nitrogens with zero attached hydrogens (tertiary/aromatic N) is 1. The van der Waals surface area contributed by atoms with E-state index in [1.165, 1.54) is 18.2 Å². The van der Waals surface area contributed by atoms with Crippen molar-refractivity contribution in [2.24, 2.45) is 5.41 Å². The van der Waals surface area contributed by atoms with Crippen molar-refractivity contribution in [3.05, 3.63) is 33.9 Å². The predicted octanol–water partition coefficient (Wildman–Crippen LogP) is 2.49. The molecule has 1 aromatic rings. The number of nitrogens with one attached hydrogen (secondary N) is 1. The number of carbonyl (C=O) groups is 1. The van der Waals surface area contributed by atoms with Gasteiger partial charge in [-0.25, -0.2) is 0 Å². The number of nitro benzene ring substituents is 1. The molecule has 1 saturated carbocycles. The van der Waals surface area contributed by atoms with E-state index in [4.69, 9.17) is 5.73 Å². The minimum absolute atomic E-state index is 0.0766. The molecule has 6 heteroatoms. The third kappa shape index (κ3) is 2.89. The number of carbonyl (C=O) groups excluding carboxylic acids is 1. The number of nitrogen functional groups attached to an aromatic ring is 1. The summed E-state index contributed by atoms with van der Waals surface area (Å²) in [5, 5.41) is 13.7. The Morgan fingerprint density at radius 1 is 1.50 bits per heavy atom. The normalized spacial score (nSPS) is 20.6. The van der Waals surface area contributed by atoms with Gasteiger partial charge in [0, 0.05) is 12.1 Å². The molecule has 0 radical (unpaired) electrons. The fourth-order valence-corrected chi connectivity index (χ4v) is 2.73. The molecule has 108 valence electrons. The second-order valence-corrected chi connectivity index (χ2v) is 6.07. The summed E-state index contributed by atoms with van der Waals surface area (Å²) in [6, 6.07) is 4.39. The van der Waals surface area contributed by atoms with Gasteiger partial charge in [-0.15, -0.1) is 0 Å². The van der Waals surface area contributed by atoms with E-state index < -0.39 is 4.92 Å². The lowest BCUT2D eigenvalue weighted by molar-refractivity contribution is -0.383. The molecule has 0 bridgehead atoms. The molecule has 6 nitrogen and oxygen atoms in total. The molecule has 0 heterocycles. The second-order valence-electron chi connectivity index (χ2n) is 6.07. The number of para-hydroxylation sites is 1. The van der Waals surface area contributed by atoms with Crippen molar-refractivity contribution in [2.45, 2.75) is 39.2 Å². The van der Waals surface area contributed by atoms with Crippen LogP contribution < -0.4 is 11.1 Å². The highest BCUT2D eigenvalue weighted by Crippen LogP contribution is 2.37. The molecular formula is C14H19N3O3. The fraction of sp³-hybridized carbons (Fsp3) is 0.500. The number of benzene rings is 1. The predicted molar refractivity (Wildman–Crippen MR) is 76.4 cm³/mol. The van der Waals surface area contributed by atoms with Gasteiger partial charge in [0.15, 0.2) is 0 Å². The summed E-state index contributed by atoms with van der Waals surface area (Å²) in [5.74, 6) is -0.339. The number of nitrogens with two attached hydrogens (primary N) is 1. The Balaban J connectivity index is 2.14. The monoisotopic (exact) mass is 277 g/mol. The molecule has 0 spiro atoms. The summed E-state index contributed by atoms with van der Waals surface area (Å²) in [4.78, 5) is 22.4. The van der Waals surface area contributed by atoms with Crippen LogP contribution in [-0.4, -0.2) is 16.9 Å². The molecule has 1 aliphatic carbocycles. The van der Waals surface area contributed by atoms with Crippen LogP contribution >= 0.6 is 0 Å². The van der Waals surface area contributed by atoms with E-state index in [0.717, 1.165) is 19.3 Å². The van der Waals surface area contributed by atoms with Crippen LogP contribution in [0.3, 0.4) is 0 Å². The third-order valence-corrected chi connectivity index (χ3v) is 3.83. The maximum Gasteiger partial charge on any atom is 0.292 e. The number of hydrogen-bond donors (Lipinski definition) is 2. The van der Waals surface area contributed by atoms with Crippen molar-refractivity contribution < 1.29 is 9.72 Å². The van der Waals surface area contributed by atoms with Crippen LogP contribution in [0.5, 0.6) is 0 Å². The van der Waals surface area contributed by atoms with Crippen LogP contribution in [0.1, 0.15) is 43.5 Å². The van der Waals surface area contributed by atoms with Crippen LogP contribution in [0.15, 0.2) is 18.2 Å². The van der Waals surface area contributed by atoms with Crippen LogP contribution in [0, 0.1) is 15.5 Å². The molecule has 3 N–H and O–H groups in total. The second kappa shape index (κ2) is 5.11. The molecule has 0 aliphatic heterocycles. The summed E-state index contributed by atoms with van der Waals surface area (Å²) < 4.78 is 0. The van der Waals surface area contributed by atoms with Gasteiger partial charge >= 0.3 is 0 Å². The van der Waals surface area contributed by atoms with E-state index in [1.807, 2.05) is 0 Å². The maximum absolute atomic E-state index is 12.2. The highest BCUT2D eigenvalue weighted by Gasteiger charge is 2.32. The number of hydrogen-bond acceptors (Lipinski definition) is 4. The smallest absolute Gasteiger partial charge is 0.292 e. The standard InChI is InChI=1S/C14H19N3O3/c1-14(2)7-6-9(8-14)16-13(18)10-4-3-5-11(12(10)15)17(19)20/h3-5,9H,6-8,15H2,1-2H3,(H,16,18). The van der Waals surface area contributed by atoms with E-state index in [-0.39, 0.29) is 34.3 Å². The van der Waals surface area contributed by atoms with Gasteiger partial charge in [-0.2, -0.15) is 0 Å². The minimum atomic E-state index is -0.579. The third-order valence-electron chi connectivity index (χ3n) is 3.83. The molecular weight excluding hydrogens is 258 g/mol. The van der Waals surface area contributed by atoms with Gasteiger partial charge in [-0.05, 0) is 30.7 Å². The first kappa shape index (κ1) is 14.3. The van der Waals surface area contributed by atoms with Gasteiger partial charge in [0.1, 0.15) is 5.69 Å². The summed E-state index contributed by atoms with van der Waals surface area (Å²) in [7, 11) is 0. The lowest BCUT2D eigenvalue weighted by Gasteiger charge is -2.18. The Labute approximate surface area is 117 Å². The fourth-order valence-electron chi connectivity index (χ4n) is 2.73. The number of rotatable bonds is 3. The maximum atomic E-state index is 12.2. The summed E-state index contributed by atoms with van der Waals surface area (Å²) in [6.07, 6.45) is 2.89. The van der Waals surface area contributed by atoms with Crippen LogP contribution in [0.2, 0.25) is 0 Å². The molecule has 1 aromatic carbocycles. The molecule has 2 rings (SSSR count). The van der Waals surface area contributed by atoms with Crippen molar-refractivity contribution in [1.82, 2.24) is 5.32 Å². The largest absolute Gasteiger partial charge is 0.393 e. The van der Waals surface area contributed by atoms with Crippen LogP contribution in [0.25, 0.3) is 0 Å². The Morgan fingerprint density at radius 2 is 2.20 bits per heavy atom. The van der Waals surface area contributed by atoms with Gasteiger partial charge in [0.05, 0.1) is 10.5 Å².